The van der Waals surface area contributed by atoms with E-state index in [4.69, 9.17) is 5.73 Å². The highest BCUT2D eigenvalue weighted by Gasteiger charge is 2.39. The molecule has 1 aliphatic heterocycles. The maximum Gasteiger partial charge on any atom is 0.245 e. The first-order valence-corrected chi connectivity index (χ1v) is 9.32. The van der Waals surface area contributed by atoms with Crippen LogP contribution in [0.2, 0.25) is 0 Å². The number of hydrogen-bond donors (Lipinski definition) is 1. The van der Waals surface area contributed by atoms with Crippen molar-refractivity contribution in [3.63, 3.8) is 0 Å². The van der Waals surface area contributed by atoms with Gasteiger partial charge in [-0.15, -0.1) is 0 Å². The van der Waals surface area contributed by atoms with Crippen molar-refractivity contribution in [2.24, 2.45) is 5.41 Å². The first kappa shape index (κ1) is 14.9. The molecule has 3 rings (SSSR count). The largest absolute Gasteiger partial charge is 0.398 e. The van der Waals surface area contributed by atoms with Gasteiger partial charge < -0.3 is 5.73 Å². The van der Waals surface area contributed by atoms with Crippen LogP contribution in [0, 0.1) is 5.41 Å². The van der Waals surface area contributed by atoms with Crippen LogP contribution < -0.4 is 5.73 Å². The fourth-order valence-electron chi connectivity index (χ4n) is 3.86. The zero-order chi connectivity index (χ0) is 14.9. The van der Waals surface area contributed by atoms with E-state index in [9.17, 15) is 8.42 Å². The molecule has 0 aromatic heterocycles. The molecule has 1 aromatic carbocycles. The number of rotatable bonds is 2. The molecule has 1 saturated carbocycles. The lowest BCUT2D eigenvalue weighted by Gasteiger charge is -2.43. The van der Waals surface area contributed by atoms with E-state index in [-0.39, 0.29) is 4.90 Å². The predicted octanol–water partition coefficient (Wildman–Crippen LogP) is 3.00. The van der Waals surface area contributed by atoms with Crippen molar-refractivity contribution in [3.05, 3.63) is 24.3 Å². The summed E-state index contributed by atoms with van der Waals surface area (Å²) in [5, 5.41) is 0. The number of sulfonamides is 1. The number of nitrogen functional groups attached to an aromatic ring is 1. The molecular weight excluding hydrogens is 284 g/mol. The Kier molecular flexibility index (Phi) is 3.97. The Morgan fingerprint density at radius 2 is 1.57 bits per heavy atom. The quantitative estimate of drug-likeness (QED) is 0.854. The Balaban J connectivity index is 1.76. The van der Waals surface area contributed by atoms with Gasteiger partial charge >= 0.3 is 0 Å². The van der Waals surface area contributed by atoms with Crippen molar-refractivity contribution in [1.82, 2.24) is 4.31 Å². The lowest BCUT2D eigenvalue weighted by Crippen LogP contribution is -2.43. The molecule has 0 unspecified atom stereocenters. The van der Waals surface area contributed by atoms with Crippen LogP contribution in [-0.4, -0.2) is 25.8 Å². The lowest BCUT2D eigenvalue weighted by atomic mass is 9.68. The van der Waals surface area contributed by atoms with Gasteiger partial charge in [-0.05, 0) is 43.2 Å². The maximum atomic E-state index is 12.7. The summed E-state index contributed by atoms with van der Waals surface area (Å²) in [6, 6.07) is 6.76. The molecule has 1 spiro atoms. The number of piperidine rings is 1. The molecule has 0 bridgehead atoms. The number of nitrogens with zero attached hydrogens (tertiary/aromatic N) is 1. The molecule has 5 heteroatoms. The summed E-state index contributed by atoms with van der Waals surface area (Å²) in [6.45, 7) is 1.27. The van der Waals surface area contributed by atoms with Crippen molar-refractivity contribution < 1.29 is 8.42 Å². The highest BCUT2D eigenvalue weighted by Crippen LogP contribution is 2.45. The topological polar surface area (TPSA) is 63.4 Å². The number of hydrogen-bond acceptors (Lipinski definition) is 3. The van der Waals surface area contributed by atoms with Gasteiger partial charge in [-0.1, -0.05) is 31.4 Å². The second-order valence-corrected chi connectivity index (χ2v) is 8.41. The van der Waals surface area contributed by atoms with Crippen LogP contribution in [0.5, 0.6) is 0 Å². The number of para-hydroxylation sites is 1. The summed E-state index contributed by atoms with van der Waals surface area (Å²) in [4.78, 5) is 0.254. The standard InChI is InChI=1S/C16H24N2O2S/c17-14-6-2-3-7-15(14)21(19,20)18-12-10-16(11-13-18)8-4-1-5-9-16/h2-3,6-7H,1,4-5,8-13,17H2. The van der Waals surface area contributed by atoms with Crippen LogP contribution in [0.25, 0.3) is 0 Å². The fraction of sp³-hybridized carbons (Fsp3) is 0.625. The van der Waals surface area contributed by atoms with Crippen molar-refractivity contribution in [2.45, 2.75) is 49.8 Å². The van der Waals surface area contributed by atoms with Crippen LogP contribution in [0.1, 0.15) is 44.9 Å². The van der Waals surface area contributed by atoms with Crippen LogP contribution in [0.3, 0.4) is 0 Å². The highest BCUT2D eigenvalue weighted by atomic mass is 32.2. The van der Waals surface area contributed by atoms with Crippen LogP contribution in [0.15, 0.2) is 29.2 Å². The number of anilines is 1. The maximum absolute atomic E-state index is 12.7. The molecule has 2 fully saturated rings. The molecular formula is C16H24N2O2S. The van der Waals surface area contributed by atoms with Gasteiger partial charge in [-0.3, -0.25) is 0 Å². The number of nitrogens with two attached hydrogens (primary N) is 1. The summed E-state index contributed by atoms with van der Waals surface area (Å²) in [5.74, 6) is 0. The molecule has 4 nitrogen and oxygen atoms in total. The van der Waals surface area contributed by atoms with Crippen molar-refractivity contribution >= 4 is 15.7 Å². The molecule has 1 aromatic rings. The Labute approximate surface area is 127 Å². The minimum atomic E-state index is -3.44. The average molecular weight is 308 g/mol. The van der Waals surface area contributed by atoms with E-state index >= 15 is 0 Å². The summed E-state index contributed by atoms with van der Waals surface area (Å²) >= 11 is 0. The SMILES string of the molecule is Nc1ccccc1S(=O)(=O)N1CCC2(CCCCC2)CC1. The van der Waals surface area contributed by atoms with E-state index in [2.05, 4.69) is 0 Å². The Hall–Kier alpha value is -1.07. The van der Waals surface area contributed by atoms with Crippen LogP contribution in [0.4, 0.5) is 5.69 Å². The minimum absolute atomic E-state index is 0.254. The molecule has 0 atom stereocenters. The Morgan fingerprint density at radius 1 is 0.952 bits per heavy atom. The smallest absolute Gasteiger partial charge is 0.245 e. The second kappa shape index (κ2) is 5.61. The zero-order valence-corrected chi connectivity index (χ0v) is 13.2. The Bertz CT molecular complexity index is 596. The van der Waals surface area contributed by atoms with E-state index in [1.807, 2.05) is 0 Å². The first-order valence-electron chi connectivity index (χ1n) is 7.88. The second-order valence-electron chi connectivity index (χ2n) is 6.50. The van der Waals surface area contributed by atoms with Gasteiger partial charge in [0.25, 0.3) is 0 Å². The third kappa shape index (κ3) is 2.81. The molecule has 1 heterocycles. The van der Waals surface area contributed by atoms with Crippen molar-refractivity contribution in [2.75, 3.05) is 18.8 Å². The minimum Gasteiger partial charge on any atom is -0.398 e. The van der Waals surface area contributed by atoms with Gasteiger partial charge in [0.15, 0.2) is 0 Å². The van der Waals surface area contributed by atoms with E-state index in [1.165, 1.54) is 32.1 Å². The summed E-state index contributed by atoms with van der Waals surface area (Å²) < 4.78 is 27.1. The summed E-state index contributed by atoms with van der Waals surface area (Å²) in [7, 11) is -3.44. The van der Waals surface area contributed by atoms with Crippen LogP contribution >= 0.6 is 0 Å². The van der Waals surface area contributed by atoms with E-state index in [0.717, 1.165) is 12.8 Å². The van der Waals surface area contributed by atoms with Gasteiger partial charge in [0.2, 0.25) is 10.0 Å². The third-order valence-electron chi connectivity index (χ3n) is 5.23. The normalized spacial score (nSPS) is 23.2. The molecule has 0 amide bonds. The lowest BCUT2D eigenvalue weighted by molar-refractivity contribution is 0.102. The molecule has 0 radical (unpaired) electrons. The molecule has 2 aliphatic rings. The van der Waals surface area contributed by atoms with Crippen molar-refractivity contribution in [1.29, 1.82) is 0 Å². The summed E-state index contributed by atoms with van der Waals surface area (Å²) in [5.41, 5.74) is 6.60. The van der Waals surface area contributed by atoms with Crippen molar-refractivity contribution in [3.8, 4) is 0 Å². The molecule has 2 N–H and O–H groups in total. The molecule has 21 heavy (non-hydrogen) atoms. The third-order valence-corrected chi connectivity index (χ3v) is 7.21. The first-order chi connectivity index (χ1) is 10.0. The van der Waals surface area contributed by atoms with E-state index in [0.29, 0.717) is 24.2 Å². The van der Waals surface area contributed by atoms with Gasteiger partial charge in [0.05, 0.1) is 5.69 Å². The van der Waals surface area contributed by atoms with E-state index in [1.54, 1.807) is 28.6 Å². The van der Waals surface area contributed by atoms with Gasteiger partial charge in [-0.25, -0.2) is 8.42 Å². The Morgan fingerprint density at radius 3 is 2.19 bits per heavy atom. The average Bonchev–Trinajstić information content (AvgIpc) is 2.49. The molecule has 116 valence electrons. The van der Waals surface area contributed by atoms with Crippen LogP contribution in [-0.2, 0) is 10.0 Å². The highest BCUT2D eigenvalue weighted by molar-refractivity contribution is 7.89. The molecule has 1 saturated heterocycles. The monoisotopic (exact) mass is 308 g/mol. The summed E-state index contributed by atoms with van der Waals surface area (Å²) in [6.07, 6.45) is 8.49. The van der Waals surface area contributed by atoms with Gasteiger partial charge in [-0.2, -0.15) is 4.31 Å². The predicted molar refractivity (Wildman–Crippen MR) is 84.4 cm³/mol. The fourth-order valence-corrected chi connectivity index (χ4v) is 5.42. The van der Waals surface area contributed by atoms with Gasteiger partial charge in [0, 0.05) is 13.1 Å². The van der Waals surface area contributed by atoms with Gasteiger partial charge in [0.1, 0.15) is 4.90 Å². The number of benzene rings is 1. The van der Waals surface area contributed by atoms with E-state index < -0.39 is 10.0 Å². The zero-order valence-electron chi connectivity index (χ0n) is 12.4. The molecule has 1 aliphatic carbocycles.